The molecular weight excluding hydrogens is 344 g/mol. The number of nitrogens with one attached hydrogen (secondary N) is 2. The molecule has 0 aromatic heterocycles. The van der Waals surface area contributed by atoms with Crippen molar-refractivity contribution in [2.45, 2.75) is 11.4 Å². The predicted octanol–water partition coefficient (Wildman–Crippen LogP) is 1.92. The van der Waals surface area contributed by atoms with Crippen molar-refractivity contribution in [2.75, 3.05) is 25.6 Å². The summed E-state index contributed by atoms with van der Waals surface area (Å²) in [5.41, 5.74) is 1.03. The smallest absolute Gasteiger partial charge is 0.337 e. The number of carbonyl (C=O) groups is 1. The van der Waals surface area contributed by atoms with Crippen molar-refractivity contribution < 1.29 is 23.1 Å². The third-order valence-corrected chi connectivity index (χ3v) is 4.86. The Kier molecular flexibility index (Phi) is 6.51. The molecule has 0 saturated carbocycles. The first-order chi connectivity index (χ1) is 11.9. The maximum Gasteiger partial charge on any atom is 0.337 e. The van der Waals surface area contributed by atoms with Gasteiger partial charge in [0.1, 0.15) is 0 Å². The molecule has 0 aliphatic rings. The number of hydrogen-bond acceptors (Lipinski definition) is 5. The number of carboxylic acids is 1. The number of hydrogen-bond donors (Lipinski definition) is 3. The van der Waals surface area contributed by atoms with E-state index in [1.165, 1.54) is 19.2 Å². The van der Waals surface area contributed by atoms with E-state index >= 15 is 0 Å². The molecule has 7 nitrogen and oxygen atoms in total. The molecule has 2 aromatic carbocycles. The normalized spacial score (nSPS) is 11.2. The van der Waals surface area contributed by atoms with Crippen LogP contribution in [0.5, 0.6) is 0 Å². The number of anilines is 1. The predicted molar refractivity (Wildman–Crippen MR) is 94.2 cm³/mol. The summed E-state index contributed by atoms with van der Waals surface area (Å²) in [7, 11) is -2.29. The Bertz CT molecular complexity index is 822. The van der Waals surface area contributed by atoms with Crippen LogP contribution in [0.15, 0.2) is 53.4 Å². The largest absolute Gasteiger partial charge is 0.478 e. The molecule has 0 atom stereocenters. The van der Waals surface area contributed by atoms with E-state index in [0.717, 1.165) is 11.6 Å². The summed E-state index contributed by atoms with van der Waals surface area (Å²) in [6, 6.07) is 13.0. The number of rotatable bonds is 9. The van der Waals surface area contributed by atoms with Crippen LogP contribution in [0.1, 0.15) is 15.9 Å². The fourth-order valence-corrected chi connectivity index (χ4v) is 3.21. The molecule has 8 heteroatoms. The number of carboxylic acid groups (broad SMARTS) is 1. The summed E-state index contributed by atoms with van der Waals surface area (Å²) >= 11 is 0. The molecule has 0 heterocycles. The van der Waals surface area contributed by atoms with Crippen LogP contribution in [0.2, 0.25) is 0 Å². The highest BCUT2D eigenvalue weighted by atomic mass is 32.2. The molecule has 0 radical (unpaired) electrons. The summed E-state index contributed by atoms with van der Waals surface area (Å²) in [5.74, 6) is -1.21. The van der Waals surface area contributed by atoms with Crippen molar-refractivity contribution in [2.24, 2.45) is 0 Å². The first-order valence-electron chi connectivity index (χ1n) is 7.58. The average molecular weight is 364 g/mol. The standard InChI is InChI=1S/C17H20N2O5S/c1-24-10-9-18-16-8-7-14(11-15(16)17(20)21)25(22,23)19-12-13-5-3-2-4-6-13/h2-8,11,18-19H,9-10,12H2,1H3,(H,20,21). The highest BCUT2D eigenvalue weighted by Crippen LogP contribution is 2.21. The van der Waals surface area contributed by atoms with E-state index in [0.29, 0.717) is 18.8 Å². The molecule has 0 spiro atoms. The molecular formula is C17H20N2O5S. The Morgan fingerprint density at radius 2 is 1.88 bits per heavy atom. The highest BCUT2D eigenvalue weighted by Gasteiger charge is 2.18. The summed E-state index contributed by atoms with van der Waals surface area (Å²) in [6.07, 6.45) is 0. The monoisotopic (exact) mass is 364 g/mol. The lowest BCUT2D eigenvalue weighted by molar-refractivity contribution is 0.0697. The van der Waals surface area contributed by atoms with E-state index in [-0.39, 0.29) is 17.0 Å². The zero-order valence-corrected chi connectivity index (χ0v) is 14.5. The second-order valence-corrected chi connectivity index (χ2v) is 7.01. The van der Waals surface area contributed by atoms with Crippen LogP contribution in [-0.2, 0) is 21.3 Å². The van der Waals surface area contributed by atoms with Crippen LogP contribution in [0, 0.1) is 0 Å². The minimum Gasteiger partial charge on any atom is -0.478 e. The minimum absolute atomic E-state index is 0.0990. The van der Waals surface area contributed by atoms with Crippen LogP contribution < -0.4 is 10.0 Å². The lowest BCUT2D eigenvalue weighted by atomic mass is 10.2. The lowest BCUT2D eigenvalue weighted by Crippen LogP contribution is -2.23. The van der Waals surface area contributed by atoms with E-state index < -0.39 is 16.0 Å². The summed E-state index contributed by atoms with van der Waals surface area (Å²) < 4.78 is 32.2. The first-order valence-corrected chi connectivity index (χ1v) is 9.06. The maximum absolute atomic E-state index is 12.4. The van der Waals surface area contributed by atoms with Gasteiger partial charge >= 0.3 is 5.97 Å². The third kappa shape index (κ3) is 5.28. The van der Waals surface area contributed by atoms with E-state index in [9.17, 15) is 18.3 Å². The molecule has 0 bridgehead atoms. The van der Waals surface area contributed by atoms with Gasteiger partial charge in [-0.2, -0.15) is 0 Å². The van der Waals surface area contributed by atoms with Gasteiger partial charge < -0.3 is 15.2 Å². The average Bonchev–Trinajstić information content (AvgIpc) is 2.61. The number of aromatic carboxylic acids is 1. The quantitative estimate of drug-likeness (QED) is 0.587. The number of ether oxygens (including phenoxy) is 1. The van der Waals surface area contributed by atoms with Crippen molar-refractivity contribution in [3.8, 4) is 0 Å². The van der Waals surface area contributed by atoms with Crippen LogP contribution in [-0.4, -0.2) is 39.8 Å². The number of sulfonamides is 1. The third-order valence-electron chi connectivity index (χ3n) is 3.46. The van der Waals surface area contributed by atoms with Gasteiger partial charge in [0.05, 0.1) is 17.1 Å². The molecule has 0 fully saturated rings. The Morgan fingerprint density at radius 3 is 2.52 bits per heavy atom. The van der Waals surface area contributed by atoms with Crippen LogP contribution in [0.3, 0.4) is 0 Å². The zero-order valence-electron chi connectivity index (χ0n) is 13.7. The van der Waals surface area contributed by atoms with Gasteiger partial charge in [-0.25, -0.2) is 17.9 Å². The molecule has 25 heavy (non-hydrogen) atoms. The van der Waals surface area contributed by atoms with E-state index in [4.69, 9.17) is 4.74 Å². The van der Waals surface area contributed by atoms with Gasteiger partial charge in [0.2, 0.25) is 10.0 Å². The molecule has 0 amide bonds. The second-order valence-electron chi connectivity index (χ2n) is 5.24. The highest BCUT2D eigenvalue weighted by molar-refractivity contribution is 7.89. The van der Waals surface area contributed by atoms with Crippen molar-refractivity contribution in [1.82, 2.24) is 4.72 Å². The Morgan fingerprint density at radius 1 is 1.16 bits per heavy atom. The molecule has 3 N–H and O–H groups in total. The van der Waals surface area contributed by atoms with Gasteiger partial charge in [0, 0.05) is 25.9 Å². The van der Waals surface area contributed by atoms with Crippen molar-refractivity contribution in [3.63, 3.8) is 0 Å². The van der Waals surface area contributed by atoms with Crippen LogP contribution in [0.25, 0.3) is 0 Å². The van der Waals surface area contributed by atoms with Crippen LogP contribution in [0.4, 0.5) is 5.69 Å². The molecule has 2 aromatic rings. The molecule has 0 saturated heterocycles. The van der Waals surface area contributed by atoms with Gasteiger partial charge in [-0.15, -0.1) is 0 Å². The maximum atomic E-state index is 12.4. The molecule has 0 aliphatic carbocycles. The van der Waals surface area contributed by atoms with Gasteiger partial charge in [0.15, 0.2) is 0 Å². The van der Waals surface area contributed by atoms with Crippen molar-refractivity contribution >= 4 is 21.7 Å². The Hall–Kier alpha value is -2.42. The van der Waals surface area contributed by atoms with Gasteiger partial charge in [-0.3, -0.25) is 0 Å². The lowest BCUT2D eigenvalue weighted by Gasteiger charge is -2.12. The van der Waals surface area contributed by atoms with Crippen molar-refractivity contribution in [3.05, 3.63) is 59.7 Å². The SMILES string of the molecule is COCCNc1ccc(S(=O)(=O)NCc2ccccc2)cc1C(=O)O. The topological polar surface area (TPSA) is 105 Å². The van der Waals surface area contributed by atoms with Gasteiger partial charge in [0.25, 0.3) is 0 Å². The van der Waals surface area contributed by atoms with Gasteiger partial charge in [-0.1, -0.05) is 30.3 Å². The van der Waals surface area contributed by atoms with Crippen molar-refractivity contribution in [1.29, 1.82) is 0 Å². The minimum atomic E-state index is -3.82. The summed E-state index contributed by atoms with van der Waals surface area (Å²) in [6.45, 7) is 0.937. The van der Waals surface area contributed by atoms with Gasteiger partial charge in [-0.05, 0) is 23.8 Å². The molecule has 2 rings (SSSR count). The van der Waals surface area contributed by atoms with E-state index in [2.05, 4.69) is 10.0 Å². The first kappa shape index (κ1) is 18.9. The zero-order chi connectivity index (χ0) is 18.3. The number of benzene rings is 2. The van der Waals surface area contributed by atoms with Crippen LogP contribution >= 0.6 is 0 Å². The second kappa shape index (κ2) is 8.61. The fourth-order valence-electron chi connectivity index (χ4n) is 2.17. The summed E-state index contributed by atoms with van der Waals surface area (Å²) in [5, 5.41) is 12.2. The fraction of sp³-hybridized carbons (Fsp3) is 0.235. The molecule has 0 unspecified atom stereocenters. The molecule has 0 aliphatic heterocycles. The van der Waals surface area contributed by atoms with E-state index in [1.54, 1.807) is 12.1 Å². The Balaban J connectivity index is 2.19. The Labute approximate surface area is 146 Å². The van der Waals surface area contributed by atoms with E-state index in [1.807, 2.05) is 18.2 Å². The number of methoxy groups -OCH3 is 1. The molecule has 134 valence electrons. The summed E-state index contributed by atoms with van der Waals surface area (Å²) in [4.78, 5) is 11.3.